The maximum atomic E-state index is 9.62. The van der Waals surface area contributed by atoms with Gasteiger partial charge in [-0.05, 0) is 72.0 Å². The van der Waals surface area contributed by atoms with Crippen molar-refractivity contribution in [3.05, 3.63) is 76.3 Å². The number of nitrogens with two attached hydrogens (primary N) is 1. The second-order valence-electron chi connectivity index (χ2n) is 6.23. The van der Waals surface area contributed by atoms with Crippen LogP contribution in [0.4, 0.5) is 0 Å². The van der Waals surface area contributed by atoms with Crippen molar-refractivity contribution in [2.75, 3.05) is 0 Å². The molecule has 0 saturated carbocycles. The lowest BCUT2D eigenvalue weighted by Gasteiger charge is -2.18. The van der Waals surface area contributed by atoms with Gasteiger partial charge in [0.2, 0.25) is 0 Å². The summed E-state index contributed by atoms with van der Waals surface area (Å²) in [4.78, 5) is 0. The minimum absolute atomic E-state index is 0.0307. The first-order chi connectivity index (χ1) is 12.4. The second kappa shape index (κ2) is 7.10. The van der Waals surface area contributed by atoms with E-state index >= 15 is 0 Å². The van der Waals surface area contributed by atoms with Gasteiger partial charge in [-0.15, -0.1) is 0 Å². The van der Waals surface area contributed by atoms with Crippen LogP contribution < -0.4 is 5.73 Å². The molecule has 0 amide bonds. The van der Waals surface area contributed by atoms with Gasteiger partial charge in [0.25, 0.3) is 0 Å². The number of phenols is 1. The Morgan fingerprint density at radius 3 is 2.31 bits per heavy atom. The standard InChI is InChI=1S/C21H19ClN2O2/c1-12-9-18(14-4-7-16(25)8-5-14)20(19(10-12)21(23)24-26)17-11-15(22)6-3-13(17)2/h3-11,25-26H,1-2H3,(H2,23,24). The number of oxime groups is 1. The van der Waals surface area contributed by atoms with E-state index in [2.05, 4.69) is 5.16 Å². The lowest BCUT2D eigenvalue weighted by molar-refractivity contribution is 0.318. The summed E-state index contributed by atoms with van der Waals surface area (Å²) in [5.74, 6) is 0.224. The number of aryl methyl sites for hydroxylation is 2. The third-order valence-corrected chi connectivity index (χ3v) is 4.55. The molecule has 0 heterocycles. The number of phenolic OH excluding ortho intramolecular Hbond substituents is 1. The summed E-state index contributed by atoms with van der Waals surface area (Å²) in [6.45, 7) is 3.94. The Kier molecular flexibility index (Phi) is 4.87. The minimum atomic E-state index is 0.0307. The Labute approximate surface area is 157 Å². The zero-order chi connectivity index (χ0) is 18.8. The Balaban J connectivity index is 2.42. The number of aromatic hydroxyl groups is 1. The highest BCUT2D eigenvalue weighted by atomic mass is 35.5. The molecule has 3 aromatic rings. The van der Waals surface area contributed by atoms with Crippen molar-refractivity contribution in [3.8, 4) is 28.0 Å². The van der Waals surface area contributed by atoms with Crippen molar-refractivity contribution in [3.63, 3.8) is 0 Å². The molecule has 4 N–H and O–H groups in total. The molecule has 0 aliphatic heterocycles. The summed E-state index contributed by atoms with van der Waals surface area (Å²) in [5, 5.41) is 22.7. The molecule has 132 valence electrons. The van der Waals surface area contributed by atoms with Crippen molar-refractivity contribution in [2.24, 2.45) is 10.9 Å². The molecule has 0 fully saturated rings. The van der Waals surface area contributed by atoms with E-state index in [-0.39, 0.29) is 11.6 Å². The van der Waals surface area contributed by atoms with Gasteiger partial charge in [-0.1, -0.05) is 41.0 Å². The molecule has 4 nitrogen and oxygen atoms in total. The predicted molar refractivity (Wildman–Crippen MR) is 106 cm³/mol. The van der Waals surface area contributed by atoms with Gasteiger partial charge in [0.15, 0.2) is 5.84 Å². The first kappa shape index (κ1) is 17.8. The molecule has 0 saturated heterocycles. The van der Waals surface area contributed by atoms with E-state index in [1.807, 2.05) is 56.3 Å². The quantitative estimate of drug-likeness (QED) is 0.261. The number of hydrogen-bond acceptors (Lipinski definition) is 3. The van der Waals surface area contributed by atoms with Gasteiger partial charge in [0.05, 0.1) is 0 Å². The van der Waals surface area contributed by atoms with E-state index in [1.165, 1.54) is 0 Å². The molecule has 0 atom stereocenters. The molecule has 0 radical (unpaired) electrons. The fourth-order valence-electron chi connectivity index (χ4n) is 3.06. The first-order valence-electron chi connectivity index (χ1n) is 8.09. The van der Waals surface area contributed by atoms with E-state index in [1.54, 1.807) is 12.1 Å². The molecule has 0 aliphatic rings. The lowest BCUT2D eigenvalue weighted by atomic mass is 9.86. The number of benzene rings is 3. The minimum Gasteiger partial charge on any atom is -0.508 e. The van der Waals surface area contributed by atoms with Gasteiger partial charge in [0, 0.05) is 16.1 Å². The fraction of sp³-hybridized carbons (Fsp3) is 0.0952. The number of amidine groups is 1. The van der Waals surface area contributed by atoms with Gasteiger partial charge < -0.3 is 16.0 Å². The summed E-state index contributed by atoms with van der Waals surface area (Å²) < 4.78 is 0. The average Bonchev–Trinajstić information content (AvgIpc) is 2.63. The predicted octanol–water partition coefficient (Wildman–Crippen LogP) is 5.09. The fourth-order valence-corrected chi connectivity index (χ4v) is 3.24. The number of rotatable bonds is 3. The van der Waals surface area contributed by atoms with Crippen LogP contribution >= 0.6 is 11.6 Å². The molecule has 3 rings (SSSR count). The van der Waals surface area contributed by atoms with Gasteiger partial charge in [-0.25, -0.2) is 0 Å². The molecule has 0 aromatic heterocycles. The zero-order valence-corrected chi connectivity index (χ0v) is 15.2. The van der Waals surface area contributed by atoms with Crippen LogP contribution in [0.3, 0.4) is 0 Å². The van der Waals surface area contributed by atoms with Crippen LogP contribution in [0.2, 0.25) is 5.02 Å². The molecule has 5 heteroatoms. The highest BCUT2D eigenvalue weighted by Crippen LogP contribution is 2.39. The molecule has 0 unspecified atom stereocenters. The molecular weight excluding hydrogens is 348 g/mol. The Hall–Kier alpha value is -2.98. The van der Waals surface area contributed by atoms with Crippen LogP contribution in [-0.4, -0.2) is 16.1 Å². The largest absolute Gasteiger partial charge is 0.508 e. The Morgan fingerprint density at radius 2 is 1.65 bits per heavy atom. The average molecular weight is 367 g/mol. The first-order valence-corrected chi connectivity index (χ1v) is 8.47. The SMILES string of the molecule is Cc1cc(/C(N)=N/O)c(-c2cc(Cl)ccc2C)c(-c2ccc(O)cc2)c1. The molecule has 0 spiro atoms. The van der Waals surface area contributed by atoms with Crippen molar-refractivity contribution in [1.82, 2.24) is 0 Å². The summed E-state index contributed by atoms with van der Waals surface area (Å²) >= 11 is 6.24. The third kappa shape index (κ3) is 3.37. The second-order valence-corrected chi connectivity index (χ2v) is 6.66. The summed E-state index contributed by atoms with van der Waals surface area (Å²) in [6.07, 6.45) is 0. The molecule has 26 heavy (non-hydrogen) atoms. The van der Waals surface area contributed by atoms with E-state index < -0.39 is 0 Å². The lowest BCUT2D eigenvalue weighted by Crippen LogP contribution is -2.15. The van der Waals surface area contributed by atoms with E-state index in [4.69, 9.17) is 17.3 Å². The van der Waals surface area contributed by atoms with Crippen LogP contribution in [0.5, 0.6) is 5.75 Å². The molecular formula is C21H19ClN2O2. The smallest absolute Gasteiger partial charge is 0.170 e. The van der Waals surface area contributed by atoms with Gasteiger partial charge in [-0.3, -0.25) is 0 Å². The van der Waals surface area contributed by atoms with Crippen LogP contribution in [-0.2, 0) is 0 Å². The normalized spacial score (nSPS) is 11.6. The van der Waals surface area contributed by atoms with Crippen molar-refractivity contribution >= 4 is 17.4 Å². The summed E-state index contributed by atoms with van der Waals surface area (Å²) in [6, 6.07) is 16.5. The third-order valence-electron chi connectivity index (χ3n) is 4.31. The highest BCUT2D eigenvalue weighted by molar-refractivity contribution is 6.31. The van der Waals surface area contributed by atoms with Crippen molar-refractivity contribution in [1.29, 1.82) is 0 Å². The summed E-state index contributed by atoms with van der Waals surface area (Å²) in [7, 11) is 0. The molecule has 0 aliphatic carbocycles. The van der Waals surface area contributed by atoms with Crippen LogP contribution in [0.25, 0.3) is 22.3 Å². The van der Waals surface area contributed by atoms with E-state index in [0.29, 0.717) is 10.6 Å². The highest BCUT2D eigenvalue weighted by Gasteiger charge is 2.18. The van der Waals surface area contributed by atoms with Crippen molar-refractivity contribution in [2.45, 2.75) is 13.8 Å². The Morgan fingerprint density at radius 1 is 0.962 bits per heavy atom. The zero-order valence-electron chi connectivity index (χ0n) is 14.5. The van der Waals surface area contributed by atoms with Crippen LogP contribution in [0, 0.1) is 13.8 Å². The number of nitrogens with zero attached hydrogens (tertiary/aromatic N) is 1. The monoisotopic (exact) mass is 366 g/mol. The maximum Gasteiger partial charge on any atom is 0.170 e. The summed E-state index contributed by atoms with van der Waals surface area (Å²) in [5.41, 5.74) is 12.2. The van der Waals surface area contributed by atoms with Crippen molar-refractivity contribution < 1.29 is 10.3 Å². The topological polar surface area (TPSA) is 78.8 Å². The van der Waals surface area contributed by atoms with Crippen LogP contribution in [0.15, 0.2) is 59.8 Å². The van der Waals surface area contributed by atoms with Gasteiger partial charge in [-0.2, -0.15) is 0 Å². The van der Waals surface area contributed by atoms with E-state index in [9.17, 15) is 10.3 Å². The van der Waals surface area contributed by atoms with Gasteiger partial charge in [0.1, 0.15) is 5.75 Å². The van der Waals surface area contributed by atoms with E-state index in [0.717, 1.165) is 33.4 Å². The molecule has 0 bridgehead atoms. The number of halogens is 1. The van der Waals surface area contributed by atoms with Crippen LogP contribution in [0.1, 0.15) is 16.7 Å². The molecule has 3 aromatic carbocycles. The Bertz CT molecular complexity index is 996. The van der Waals surface area contributed by atoms with Gasteiger partial charge >= 0.3 is 0 Å². The maximum absolute atomic E-state index is 9.62. The number of hydrogen-bond donors (Lipinski definition) is 3.